The van der Waals surface area contributed by atoms with Gasteiger partial charge in [-0.15, -0.1) is 0 Å². The van der Waals surface area contributed by atoms with Crippen molar-refractivity contribution in [2.45, 2.75) is 25.7 Å². The summed E-state index contributed by atoms with van der Waals surface area (Å²) in [6.45, 7) is 4.69. The molecule has 0 unspecified atom stereocenters. The number of rotatable bonds is 4. The molecule has 0 saturated heterocycles. The van der Waals surface area contributed by atoms with Crippen LogP contribution in [-0.4, -0.2) is 19.5 Å². The summed E-state index contributed by atoms with van der Waals surface area (Å²) in [5.74, 6) is 1.99. The van der Waals surface area contributed by atoms with Crippen molar-refractivity contribution in [3.63, 3.8) is 0 Å². The lowest BCUT2D eigenvalue weighted by molar-refractivity contribution is 0.661. The second kappa shape index (κ2) is 11.2. The highest BCUT2D eigenvalue weighted by atomic mass is 15.0. The summed E-state index contributed by atoms with van der Waals surface area (Å²) in [5.41, 5.74) is 16.9. The normalized spacial score (nSPS) is 13.5. The molecule has 0 radical (unpaired) electrons. The van der Waals surface area contributed by atoms with Gasteiger partial charge < -0.3 is 4.57 Å². The molecule has 0 N–H and O–H groups in total. The second-order valence-corrected chi connectivity index (χ2v) is 14.9. The van der Waals surface area contributed by atoms with Gasteiger partial charge in [0.1, 0.15) is 0 Å². The largest absolute Gasteiger partial charge is 0.309 e. The smallest absolute Gasteiger partial charge is 0.164 e. The number of hydrogen-bond acceptors (Lipinski definition) is 3. The number of hydrogen-bond donors (Lipinski definition) is 0. The van der Waals surface area contributed by atoms with E-state index >= 15 is 0 Å². The van der Waals surface area contributed by atoms with Gasteiger partial charge >= 0.3 is 0 Å². The van der Waals surface area contributed by atoms with Gasteiger partial charge in [0.15, 0.2) is 17.5 Å². The van der Waals surface area contributed by atoms with Crippen LogP contribution in [0.15, 0.2) is 158 Å². The van der Waals surface area contributed by atoms with Crippen molar-refractivity contribution in [1.82, 2.24) is 19.5 Å². The van der Waals surface area contributed by atoms with E-state index in [4.69, 9.17) is 15.0 Å². The van der Waals surface area contributed by atoms with E-state index in [0.29, 0.717) is 17.5 Å². The summed E-state index contributed by atoms with van der Waals surface area (Å²) in [4.78, 5) is 15.4. The molecule has 2 heterocycles. The van der Waals surface area contributed by atoms with Crippen LogP contribution in [0, 0.1) is 0 Å². The van der Waals surface area contributed by atoms with E-state index in [0.717, 1.165) is 28.8 Å². The van der Waals surface area contributed by atoms with Crippen molar-refractivity contribution in [3.05, 3.63) is 180 Å². The number of para-hydroxylation sites is 1. The molecule has 4 heteroatoms. The average Bonchev–Trinajstić information content (AvgIpc) is 3.82. The summed E-state index contributed by atoms with van der Waals surface area (Å²) in [6.07, 6.45) is 0.913. The Morgan fingerprint density at radius 2 is 1.09 bits per heavy atom. The van der Waals surface area contributed by atoms with Gasteiger partial charge in [-0.2, -0.15) is 0 Å². The molecule has 53 heavy (non-hydrogen) atoms. The Bertz CT molecular complexity index is 2950. The first-order valence-electron chi connectivity index (χ1n) is 18.3. The van der Waals surface area contributed by atoms with Crippen LogP contribution in [0.25, 0.3) is 83.9 Å². The van der Waals surface area contributed by atoms with E-state index in [1.807, 2.05) is 18.2 Å². The van der Waals surface area contributed by atoms with Crippen molar-refractivity contribution in [2.75, 3.05) is 0 Å². The van der Waals surface area contributed by atoms with Crippen molar-refractivity contribution in [2.24, 2.45) is 0 Å². The van der Waals surface area contributed by atoms with Crippen molar-refractivity contribution < 1.29 is 0 Å². The number of nitrogens with zero attached hydrogens (tertiary/aromatic N) is 4. The average molecular weight is 679 g/mol. The first-order valence-corrected chi connectivity index (χ1v) is 18.3. The quantitative estimate of drug-likeness (QED) is 0.186. The molecule has 250 valence electrons. The molecule has 0 bridgehead atoms. The maximum Gasteiger partial charge on any atom is 0.164 e. The SMILES string of the molecule is CC1(C)c2ccccc2-c2cc3c4ccccc4n(-c4cccc(-c5nc(-c6ccccc6)nc(-c6ccc7c(c6)Cc6ccccc6-7)n5)c4)c3cc21. The highest BCUT2D eigenvalue weighted by molar-refractivity contribution is 6.11. The summed E-state index contributed by atoms with van der Waals surface area (Å²) < 4.78 is 2.41. The predicted octanol–water partition coefficient (Wildman–Crippen LogP) is 11.8. The van der Waals surface area contributed by atoms with Gasteiger partial charge in [0.05, 0.1) is 11.0 Å². The summed E-state index contributed by atoms with van der Waals surface area (Å²) in [7, 11) is 0. The zero-order chi connectivity index (χ0) is 35.3. The fourth-order valence-electron chi connectivity index (χ4n) is 8.86. The van der Waals surface area contributed by atoms with Gasteiger partial charge in [-0.05, 0) is 87.3 Å². The predicted molar refractivity (Wildman–Crippen MR) is 216 cm³/mol. The Balaban J connectivity index is 1.08. The summed E-state index contributed by atoms with van der Waals surface area (Å²) in [5, 5.41) is 2.50. The highest BCUT2D eigenvalue weighted by Crippen LogP contribution is 2.51. The molecule has 2 aromatic heterocycles. The van der Waals surface area contributed by atoms with Gasteiger partial charge in [-0.1, -0.05) is 135 Å². The molecule has 0 fully saturated rings. The number of fused-ring (bicyclic) bond motifs is 9. The van der Waals surface area contributed by atoms with E-state index in [1.165, 1.54) is 66.3 Å². The van der Waals surface area contributed by atoms with Crippen molar-refractivity contribution in [1.29, 1.82) is 0 Å². The van der Waals surface area contributed by atoms with E-state index in [-0.39, 0.29) is 5.41 Å². The molecular formula is C49H34N4. The molecule has 2 aliphatic rings. The van der Waals surface area contributed by atoms with Crippen LogP contribution in [-0.2, 0) is 11.8 Å². The maximum atomic E-state index is 5.18. The Hall–Kier alpha value is -6.65. The van der Waals surface area contributed by atoms with Gasteiger partial charge in [0.2, 0.25) is 0 Å². The van der Waals surface area contributed by atoms with Gasteiger partial charge in [-0.25, -0.2) is 15.0 Å². The Morgan fingerprint density at radius 3 is 1.94 bits per heavy atom. The highest BCUT2D eigenvalue weighted by Gasteiger charge is 2.36. The molecule has 0 amide bonds. The van der Waals surface area contributed by atoms with Crippen LogP contribution in [0.5, 0.6) is 0 Å². The summed E-state index contributed by atoms with van der Waals surface area (Å²) in [6, 6.07) is 56.6. The Kier molecular flexibility index (Phi) is 6.33. The van der Waals surface area contributed by atoms with Crippen molar-refractivity contribution >= 4 is 21.8 Å². The van der Waals surface area contributed by atoms with E-state index in [9.17, 15) is 0 Å². The topological polar surface area (TPSA) is 43.6 Å². The monoisotopic (exact) mass is 678 g/mol. The van der Waals surface area contributed by atoms with Crippen molar-refractivity contribution in [3.8, 4) is 62.1 Å². The maximum absolute atomic E-state index is 5.18. The zero-order valence-corrected chi connectivity index (χ0v) is 29.5. The van der Waals surface area contributed by atoms with Gasteiger partial charge in [0, 0.05) is 38.6 Å². The van der Waals surface area contributed by atoms with Crippen LogP contribution >= 0.6 is 0 Å². The molecule has 2 aliphatic carbocycles. The second-order valence-electron chi connectivity index (χ2n) is 14.9. The van der Waals surface area contributed by atoms with Crippen LogP contribution in [0.4, 0.5) is 0 Å². The van der Waals surface area contributed by atoms with E-state index in [2.05, 4.69) is 158 Å². The minimum absolute atomic E-state index is 0.0985. The molecule has 9 aromatic rings. The lowest BCUT2D eigenvalue weighted by atomic mass is 9.82. The minimum Gasteiger partial charge on any atom is -0.309 e. The third-order valence-corrected chi connectivity index (χ3v) is 11.5. The van der Waals surface area contributed by atoms with E-state index < -0.39 is 0 Å². The lowest BCUT2D eigenvalue weighted by Gasteiger charge is -2.21. The first-order chi connectivity index (χ1) is 26.0. The third kappa shape index (κ3) is 4.52. The van der Waals surface area contributed by atoms with Gasteiger partial charge in [-0.3, -0.25) is 0 Å². The van der Waals surface area contributed by atoms with Gasteiger partial charge in [0.25, 0.3) is 0 Å². The summed E-state index contributed by atoms with van der Waals surface area (Å²) >= 11 is 0. The molecular weight excluding hydrogens is 645 g/mol. The lowest BCUT2D eigenvalue weighted by Crippen LogP contribution is -2.14. The fraction of sp³-hybridized carbons (Fsp3) is 0.0816. The van der Waals surface area contributed by atoms with Crippen LogP contribution in [0.2, 0.25) is 0 Å². The van der Waals surface area contributed by atoms with E-state index in [1.54, 1.807) is 0 Å². The molecule has 0 atom stereocenters. The zero-order valence-electron chi connectivity index (χ0n) is 29.5. The molecule has 0 spiro atoms. The standard InChI is InChI=1S/C49H34N4/c1-49(2)42-21-10-8-19-38(42)40-28-41-39-20-9-11-22-44(39)53(45(41)29-43(40)49)35-17-12-16-32(27-35)47-50-46(30-13-4-3-5-14-30)51-48(52-47)33-23-24-37-34(26-33)25-31-15-6-7-18-36(31)37/h3-24,26-29H,25H2,1-2H3. The molecule has 11 rings (SSSR count). The van der Waals surface area contributed by atoms with Crippen LogP contribution in [0.1, 0.15) is 36.1 Å². The third-order valence-electron chi connectivity index (χ3n) is 11.5. The molecule has 7 aromatic carbocycles. The molecule has 0 aliphatic heterocycles. The number of benzene rings is 7. The fourth-order valence-corrected chi connectivity index (χ4v) is 8.86. The van der Waals surface area contributed by atoms with Crippen LogP contribution in [0.3, 0.4) is 0 Å². The minimum atomic E-state index is -0.0985. The Labute approximate surface area is 308 Å². The van der Waals surface area contributed by atoms with Crippen LogP contribution < -0.4 is 0 Å². The Morgan fingerprint density at radius 1 is 0.434 bits per heavy atom. The number of aromatic nitrogens is 4. The first kappa shape index (κ1) is 30.0. The molecule has 4 nitrogen and oxygen atoms in total. The molecule has 0 saturated carbocycles.